The fourth-order valence-electron chi connectivity index (χ4n) is 3.10. The molecule has 0 aliphatic heterocycles. The van der Waals surface area contributed by atoms with Gasteiger partial charge >= 0.3 is 0 Å². The second-order valence-corrected chi connectivity index (χ2v) is 6.33. The molecule has 1 saturated carbocycles. The van der Waals surface area contributed by atoms with Crippen molar-refractivity contribution in [3.63, 3.8) is 0 Å². The van der Waals surface area contributed by atoms with Crippen LogP contribution in [0.4, 0.5) is 0 Å². The Morgan fingerprint density at radius 2 is 2.14 bits per heavy atom. The Morgan fingerprint density at radius 1 is 1.33 bits per heavy atom. The minimum atomic E-state index is 0.171. The maximum absolute atomic E-state index is 6.34. The zero-order valence-electron chi connectivity index (χ0n) is 13.6. The first-order valence-corrected chi connectivity index (χ1v) is 8.22. The topological polar surface area (TPSA) is 44.5 Å². The first-order valence-electron chi connectivity index (χ1n) is 8.22. The molecule has 0 saturated heterocycles. The number of benzene rings is 1. The van der Waals surface area contributed by atoms with Gasteiger partial charge in [-0.2, -0.15) is 0 Å². The van der Waals surface area contributed by atoms with E-state index in [0.717, 1.165) is 43.1 Å². The number of nitrogens with two attached hydrogens (primary N) is 1. The fourth-order valence-corrected chi connectivity index (χ4v) is 3.10. The van der Waals surface area contributed by atoms with Crippen LogP contribution in [-0.2, 0) is 6.42 Å². The summed E-state index contributed by atoms with van der Waals surface area (Å²) in [6.45, 7) is 4.43. The summed E-state index contributed by atoms with van der Waals surface area (Å²) in [5.74, 6) is 2.48. The molecule has 21 heavy (non-hydrogen) atoms. The van der Waals surface area contributed by atoms with Gasteiger partial charge in [0.05, 0.1) is 13.2 Å². The summed E-state index contributed by atoms with van der Waals surface area (Å²) in [6, 6.07) is 6.28. The van der Waals surface area contributed by atoms with E-state index in [1.807, 2.05) is 12.1 Å². The average molecular weight is 291 g/mol. The van der Waals surface area contributed by atoms with E-state index in [1.54, 1.807) is 7.11 Å². The van der Waals surface area contributed by atoms with Gasteiger partial charge in [0.2, 0.25) is 0 Å². The molecule has 3 atom stereocenters. The van der Waals surface area contributed by atoms with Crippen LogP contribution in [0.25, 0.3) is 0 Å². The number of methoxy groups -OCH3 is 1. The van der Waals surface area contributed by atoms with Crippen molar-refractivity contribution in [3.05, 3.63) is 23.8 Å². The van der Waals surface area contributed by atoms with Gasteiger partial charge in [-0.15, -0.1) is 0 Å². The lowest BCUT2D eigenvalue weighted by Gasteiger charge is -2.29. The highest BCUT2D eigenvalue weighted by Gasteiger charge is 2.23. The minimum absolute atomic E-state index is 0.171. The predicted molar refractivity (Wildman–Crippen MR) is 87.0 cm³/mol. The van der Waals surface area contributed by atoms with Gasteiger partial charge in [0, 0.05) is 6.04 Å². The first-order chi connectivity index (χ1) is 10.1. The first kappa shape index (κ1) is 16.2. The lowest BCUT2D eigenvalue weighted by molar-refractivity contribution is 0.123. The maximum Gasteiger partial charge on any atom is 0.164 e. The quantitative estimate of drug-likeness (QED) is 0.863. The highest BCUT2D eigenvalue weighted by molar-refractivity contribution is 5.47. The molecule has 1 aromatic carbocycles. The van der Waals surface area contributed by atoms with Crippen molar-refractivity contribution >= 4 is 0 Å². The zero-order valence-corrected chi connectivity index (χ0v) is 13.6. The van der Waals surface area contributed by atoms with Crippen molar-refractivity contribution < 1.29 is 9.47 Å². The second-order valence-electron chi connectivity index (χ2n) is 6.33. The number of hydrogen-bond donors (Lipinski definition) is 1. The molecule has 0 amide bonds. The van der Waals surface area contributed by atoms with Crippen molar-refractivity contribution in [2.45, 2.75) is 64.5 Å². The Balaban J connectivity index is 2.18. The van der Waals surface area contributed by atoms with E-state index in [0.29, 0.717) is 6.10 Å². The standard InChI is InChI=1S/C18H29NO2/c1-4-15(19)12-14-8-6-10-17(20-3)18(14)21-16-9-5-7-13(2)11-16/h6,8,10,13,15-16H,4-5,7,9,11-12,19H2,1-3H3. The van der Waals surface area contributed by atoms with Crippen LogP contribution in [-0.4, -0.2) is 19.3 Å². The van der Waals surface area contributed by atoms with E-state index < -0.39 is 0 Å². The summed E-state index contributed by atoms with van der Waals surface area (Å²) in [5, 5.41) is 0. The smallest absolute Gasteiger partial charge is 0.164 e. The number of para-hydroxylation sites is 1. The van der Waals surface area contributed by atoms with Gasteiger partial charge in [-0.25, -0.2) is 0 Å². The van der Waals surface area contributed by atoms with Gasteiger partial charge in [-0.3, -0.25) is 0 Å². The van der Waals surface area contributed by atoms with E-state index >= 15 is 0 Å². The van der Waals surface area contributed by atoms with Gasteiger partial charge in [0.25, 0.3) is 0 Å². The van der Waals surface area contributed by atoms with Crippen LogP contribution in [0.3, 0.4) is 0 Å². The van der Waals surface area contributed by atoms with Crippen molar-refractivity contribution in [1.82, 2.24) is 0 Å². The van der Waals surface area contributed by atoms with E-state index in [-0.39, 0.29) is 6.04 Å². The third-order valence-corrected chi connectivity index (χ3v) is 4.46. The molecule has 2 rings (SSSR count). The Bertz CT molecular complexity index is 447. The van der Waals surface area contributed by atoms with Crippen LogP contribution in [0, 0.1) is 5.92 Å². The van der Waals surface area contributed by atoms with Gasteiger partial charge < -0.3 is 15.2 Å². The fraction of sp³-hybridized carbons (Fsp3) is 0.667. The monoisotopic (exact) mass is 291 g/mol. The van der Waals surface area contributed by atoms with Crippen LogP contribution < -0.4 is 15.2 Å². The van der Waals surface area contributed by atoms with E-state index in [4.69, 9.17) is 15.2 Å². The van der Waals surface area contributed by atoms with Crippen LogP contribution in [0.1, 0.15) is 51.5 Å². The number of hydrogen-bond acceptors (Lipinski definition) is 3. The third kappa shape index (κ3) is 4.37. The normalized spacial score (nSPS) is 23.6. The van der Waals surface area contributed by atoms with E-state index in [9.17, 15) is 0 Å². The molecule has 0 bridgehead atoms. The van der Waals surface area contributed by atoms with Gasteiger partial charge in [-0.05, 0) is 49.7 Å². The highest BCUT2D eigenvalue weighted by Crippen LogP contribution is 2.36. The Kier molecular flexibility index (Phi) is 5.92. The average Bonchev–Trinajstić information content (AvgIpc) is 2.48. The number of ether oxygens (including phenoxy) is 2. The SMILES string of the molecule is CCC(N)Cc1cccc(OC)c1OC1CCCC(C)C1. The van der Waals surface area contributed by atoms with Crippen molar-refractivity contribution in [2.24, 2.45) is 11.7 Å². The minimum Gasteiger partial charge on any atom is -0.493 e. The molecule has 118 valence electrons. The zero-order chi connectivity index (χ0) is 15.2. The van der Waals surface area contributed by atoms with Gasteiger partial charge in [0.15, 0.2) is 11.5 Å². The van der Waals surface area contributed by atoms with Gasteiger partial charge in [0.1, 0.15) is 0 Å². The molecule has 0 aromatic heterocycles. The van der Waals surface area contributed by atoms with E-state index in [1.165, 1.54) is 18.4 Å². The molecule has 3 unspecified atom stereocenters. The summed E-state index contributed by atoms with van der Waals surface area (Å²) < 4.78 is 11.8. The van der Waals surface area contributed by atoms with Crippen LogP contribution in [0.2, 0.25) is 0 Å². The molecule has 1 aliphatic rings. The van der Waals surface area contributed by atoms with Crippen LogP contribution in [0.15, 0.2) is 18.2 Å². The largest absolute Gasteiger partial charge is 0.493 e. The Morgan fingerprint density at radius 3 is 2.81 bits per heavy atom. The van der Waals surface area contributed by atoms with Crippen LogP contribution in [0.5, 0.6) is 11.5 Å². The predicted octanol–water partition coefficient (Wildman–Crippen LogP) is 3.93. The lowest BCUT2D eigenvalue weighted by Crippen LogP contribution is -2.26. The molecule has 2 N–H and O–H groups in total. The van der Waals surface area contributed by atoms with Gasteiger partial charge in [-0.1, -0.05) is 32.4 Å². The molecule has 1 aromatic rings. The molecule has 0 radical (unpaired) electrons. The molecular formula is C18H29NO2. The molecular weight excluding hydrogens is 262 g/mol. The van der Waals surface area contributed by atoms with Crippen molar-refractivity contribution in [3.8, 4) is 11.5 Å². The molecule has 3 nitrogen and oxygen atoms in total. The molecule has 0 heterocycles. The van der Waals surface area contributed by atoms with Crippen LogP contribution >= 0.6 is 0 Å². The Labute approximate surface area is 128 Å². The third-order valence-electron chi connectivity index (χ3n) is 4.46. The summed E-state index contributed by atoms with van der Waals surface area (Å²) in [4.78, 5) is 0. The second kappa shape index (κ2) is 7.69. The summed E-state index contributed by atoms with van der Waals surface area (Å²) in [5.41, 5.74) is 7.29. The molecule has 0 spiro atoms. The molecule has 1 aliphatic carbocycles. The molecule has 1 fully saturated rings. The van der Waals surface area contributed by atoms with Crippen molar-refractivity contribution in [2.75, 3.05) is 7.11 Å². The highest BCUT2D eigenvalue weighted by atomic mass is 16.5. The summed E-state index contributed by atoms with van der Waals surface area (Å²) in [6.07, 6.45) is 6.97. The summed E-state index contributed by atoms with van der Waals surface area (Å²) in [7, 11) is 1.70. The lowest BCUT2D eigenvalue weighted by atomic mass is 9.88. The Hall–Kier alpha value is -1.22. The van der Waals surface area contributed by atoms with Crippen molar-refractivity contribution in [1.29, 1.82) is 0 Å². The molecule has 3 heteroatoms. The summed E-state index contributed by atoms with van der Waals surface area (Å²) >= 11 is 0. The maximum atomic E-state index is 6.34. The van der Waals surface area contributed by atoms with E-state index in [2.05, 4.69) is 19.9 Å². The number of rotatable bonds is 6.